The van der Waals surface area contributed by atoms with E-state index in [0.29, 0.717) is 31.5 Å². The number of halogens is 1. The average molecular weight is 253 g/mol. The first kappa shape index (κ1) is 12.8. The molecule has 1 aromatic rings. The van der Waals surface area contributed by atoms with Crippen molar-refractivity contribution in [1.29, 1.82) is 0 Å². The molecule has 0 saturated carbocycles. The summed E-state index contributed by atoms with van der Waals surface area (Å²) < 4.78 is 18.3. The molecule has 1 N–H and O–H groups in total. The second-order valence-electron chi connectivity index (χ2n) is 4.37. The molecule has 5 heteroatoms. The van der Waals surface area contributed by atoms with Crippen molar-refractivity contribution in [3.8, 4) is 5.75 Å². The largest absolute Gasteiger partial charge is 0.494 e. The van der Waals surface area contributed by atoms with Crippen molar-refractivity contribution in [3.63, 3.8) is 0 Å². The van der Waals surface area contributed by atoms with Crippen LogP contribution in [0.25, 0.3) is 0 Å². The molecule has 1 aromatic carbocycles. The second kappa shape index (κ2) is 5.35. The summed E-state index contributed by atoms with van der Waals surface area (Å²) >= 11 is 0. The van der Waals surface area contributed by atoms with Crippen LogP contribution in [-0.2, 0) is 0 Å². The fourth-order valence-electron chi connectivity index (χ4n) is 2.05. The lowest BCUT2D eigenvalue weighted by atomic mass is 10.1. The van der Waals surface area contributed by atoms with Crippen molar-refractivity contribution in [2.45, 2.75) is 18.9 Å². The zero-order chi connectivity index (χ0) is 13.1. The fraction of sp³-hybridized carbons (Fsp3) is 0.462. The number of carbonyl (C=O) groups is 1. The minimum Gasteiger partial charge on any atom is -0.494 e. The monoisotopic (exact) mass is 253 g/mol. The third-order valence-electron chi connectivity index (χ3n) is 3.15. The van der Waals surface area contributed by atoms with Crippen LogP contribution in [0.2, 0.25) is 0 Å². The summed E-state index contributed by atoms with van der Waals surface area (Å²) in [4.78, 5) is 13.7. The summed E-state index contributed by atoms with van der Waals surface area (Å²) in [6, 6.07) is 4.18. The topological polar surface area (TPSA) is 49.8 Å². The number of hydrogen-bond donors (Lipinski definition) is 1. The highest BCUT2D eigenvalue weighted by atomic mass is 19.1. The predicted octanol–water partition coefficient (Wildman–Crippen LogP) is 1.43. The van der Waals surface area contributed by atoms with Gasteiger partial charge in [-0.2, -0.15) is 0 Å². The summed E-state index contributed by atoms with van der Waals surface area (Å²) in [5.74, 6) is -0.621. The van der Waals surface area contributed by atoms with Crippen molar-refractivity contribution < 1.29 is 19.0 Å². The number of methoxy groups -OCH3 is 1. The first-order chi connectivity index (χ1) is 8.61. The number of hydrogen-bond acceptors (Lipinski definition) is 3. The molecular formula is C13H16FNO3. The van der Waals surface area contributed by atoms with Crippen molar-refractivity contribution in [3.05, 3.63) is 29.6 Å². The van der Waals surface area contributed by atoms with Gasteiger partial charge < -0.3 is 14.7 Å². The zero-order valence-corrected chi connectivity index (χ0v) is 10.2. The van der Waals surface area contributed by atoms with Crippen molar-refractivity contribution >= 4 is 5.91 Å². The van der Waals surface area contributed by atoms with E-state index in [0.717, 1.165) is 0 Å². The molecule has 1 amide bonds. The van der Waals surface area contributed by atoms with E-state index in [1.54, 1.807) is 11.0 Å². The van der Waals surface area contributed by atoms with Gasteiger partial charge in [0.15, 0.2) is 11.6 Å². The molecule has 0 aromatic heterocycles. The number of aliphatic hydroxyl groups is 1. The molecule has 4 nitrogen and oxygen atoms in total. The maximum atomic E-state index is 13.5. The number of likely N-dealkylation sites (tertiary alicyclic amines) is 1. The van der Waals surface area contributed by atoms with Gasteiger partial charge in [-0.3, -0.25) is 4.79 Å². The van der Waals surface area contributed by atoms with Crippen LogP contribution >= 0.6 is 0 Å². The van der Waals surface area contributed by atoms with Gasteiger partial charge in [0.05, 0.1) is 13.2 Å². The summed E-state index contributed by atoms with van der Waals surface area (Å²) in [5, 5.41) is 9.38. The molecule has 0 unspecified atom stereocenters. The SMILES string of the molecule is COc1ccc(C(=O)N2CCC(O)CC2)cc1F. The molecule has 0 spiro atoms. The standard InChI is InChI=1S/C13H16FNO3/c1-18-12-3-2-9(8-11(12)14)13(17)15-6-4-10(16)5-7-15/h2-3,8,10,16H,4-7H2,1H3. The average Bonchev–Trinajstić information content (AvgIpc) is 2.38. The van der Waals surface area contributed by atoms with Crippen molar-refractivity contribution in [1.82, 2.24) is 4.90 Å². The molecule has 98 valence electrons. The van der Waals surface area contributed by atoms with Crippen molar-refractivity contribution in [2.75, 3.05) is 20.2 Å². The summed E-state index contributed by atoms with van der Waals surface area (Å²) in [6.45, 7) is 1.02. The van der Waals surface area contributed by atoms with Gasteiger partial charge in [0.2, 0.25) is 0 Å². The number of nitrogens with zero attached hydrogens (tertiary/aromatic N) is 1. The van der Waals surface area contributed by atoms with Crippen LogP contribution in [0, 0.1) is 5.82 Å². The highest BCUT2D eigenvalue weighted by molar-refractivity contribution is 5.94. The number of piperidine rings is 1. The highest BCUT2D eigenvalue weighted by Gasteiger charge is 2.22. The third-order valence-corrected chi connectivity index (χ3v) is 3.15. The van der Waals surface area contributed by atoms with E-state index in [1.807, 2.05) is 0 Å². The van der Waals surface area contributed by atoms with E-state index >= 15 is 0 Å². The maximum Gasteiger partial charge on any atom is 0.253 e. The first-order valence-electron chi connectivity index (χ1n) is 5.92. The lowest BCUT2D eigenvalue weighted by molar-refractivity contribution is 0.0546. The Morgan fingerprint density at radius 2 is 2.11 bits per heavy atom. The Balaban J connectivity index is 2.11. The molecular weight excluding hydrogens is 237 g/mol. The summed E-state index contributed by atoms with van der Waals surface area (Å²) in [6.07, 6.45) is 0.816. The number of amides is 1. The molecule has 0 aliphatic carbocycles. The van der Waals surface area contributed by atoms with E-state index in [1.165, 1.54) is 19.2 Å². The van der Waals surface area contributed by atoms with E-state index in [2.05, 4.69) is 0 Å². The number of benzene rings is 1. The van der Waals surface area contributed by atoms with Gasteiger partial charge in [-0.25, -0.2) is 4.39 Å². The highest BCUT2D eigenvalue weighted by Crippen LogP contribution is 2.20. The number of carbonyl (C=O) groups excluding carboxylic acids is 1. The van der Waals surface area contributed by atoms with Crippen molar-refractivity contribution in [2.24, 2.45) is 0 Å². The van der Waals surface area contributed by atoms with Gasteiger partial charge >= 0.3 is 0 Å². The normalized spacial score (nSPS) is 16.7. The van der Waals surface area contributed by atoms with Crippen LogP contribution < -0.4 is 4.74 Å². The van der Waals surface area contributed by atoms with Crippen LogP contribution in [0.5, 0.6) is 5.75 Å². The van der Waals surface area contributed by atoms with Gasteiger partial charge in [0.1, 0.15) is 0 Å². The van der Waals surface area contributed by atoms with Crippen LogP contribution in [0.4, 0.5) is 4.39 Å². The third kappa shape index (κ3) is 2.61. The van der Waals surface area contributed by atoms with Crippen LogP contribution in [0.1, 0.15) is 23.2 Å². The summed E-state index contributed by atoms with van der Waals surface area (Å²) in [7, 11) is 1.38. The van der Waals surface area contributed by atoms with E-state index in [-0.39, 0.29) is 17.8 Å². The molecule has 1 fully saturated rings. The number of rotatable bonds is 2. The quantitative estimate of drug-likeness (QED) is 0.867. The predicted molar refractivity (Wildman–Crippen MR) is 64.1 cm³/mol. The van der Waals surface area contributed by atoms with Crippen LogP contribution in [0.15, 0.2) is 18.2 Å². The lowest BCUT2D eigenvalue weighted by Crippen LogP contribution is -2.40. The molecule has 1 aliphatic heterocycles. The minimum absolute atomic E-state index is 0.126. The fourth-order valence-corrected chi connectivity index (χ4v) is 2.05. The van der Waals surface area contributed by atoms with Gasteiger partial charge in [-0.1, -0.05) is 0 Å². The van der Waals surface area contributed by atoms with E-state index in [9.17, 15) is 14.3 Å². The molecule has 1 saturated heterocycles. The Morgan fingerprint density at radius 3 is 2.67 bits per heavy atom. The molecule has 0 atom stereocenters. The molecule has 0 bridgehead atoms. The van der Waals surface area contributed by atoms with Crippen LogP contribution in [-0.4, -0.2) is 42.2 Å². The zero-order valence-electron chi connectivity index (χ0n) is 10.2. The second-order valence-corrected chi connectivity index (χ2v) is 4.37. The molecule has 1 aliphatic rings. The Labute approximate surface area is 105 Å². The number of aliphatic hydroxyl groups excluding tert-OH is 1. The molecule has 0 radical (unpaired) electrons. The molecule has 2 rings (SSSR count). The van der Waals surface area contributed by atoms with Crippen LogP contribution in [0.3, 0.4) is 0 Å². The smallest absolute Gasteiger partial charge is 0.253 e. The lowest BCUT2D eigenvalue weighted by Gasteiger charge is -2.29. The van der Waals surface area contributed by atoms with Gasteiger partial charge in [-0.15, -0.1) is 0 Å². The Kier molecular flexibility index (Phi) is 3.81. The first-order valence-corrected chi connectivity index (χ1v) is 5.92. The minimum atomic E-state index is -0.541. The molecule has 18 heavy (non-hydrogen) atoms. The van der Waals surface area contributed by atoms with E-state index < -0.39 is 5.82 Å². The van der Waals surface area contributed by atoms with Gasteiger partial charge in [0.25, 0.3) is 5.91 Å². The van der Waals surface area contributed by atoms with Gasteiger partial charge in [0, 0.05) is 18.7 Å². The Morgan fingerprint density at radius 1 is 1.44 bits per heavy atom. The van der Waals surface area contributed by atoms with E-state index in [4.69, 9.17) is 4.74 Å². The summed E-state index contributed by atoms with van der Waals surface area (Å²) in [5.41, 5.74) is 0.310. The Bertz CT molecular complexity index is 442. The molecule has 1 heterocycles. The number of ether oxygens (including phenoxy) is 1. The van der Waals surface area contributed by atoms with Gasteiger partial charge in [-0.05, 0) is 31.0 Å². The Hall–Kier alpha value is -1.62. The maximum absolute atomic E-state index is 13.5.